The fraction of sp³-hybridized carbons (Fsp3) is 0.400. The molecule has 0 bridgehead atoms. The van der Waals surface area contributed by atoms with Crippen molar-refractivity contribution in [1.29, 1.82) is 0 Å². The lowest BCUT2D eigenvalue weighted by atomic mass is 10.1. The van der Waals surface area contributed by atoms with Crippen LogP contribution in [-0.2, 0) is 9.53 Å². The maximum atomic E-state index is 12.2. The van der Waals surface area contributed by atoms with Crippen molar-refractivity contribution in [1.82, 2.24) is 0 Å². The van der Waals surface area contributed by atoms with E-state index < -0.39 is 17.9 Å². The van der Waals surface area contributed by atoms with Crippen LogP contribution in [0.15, 0.2) is 47.4 Å². The molecule has 0 unspecified atom stereocenters. The standard InChI is InChI=1S/C25H27F3O4S/c1-5-30-23(29)24(3,4)32-22-15-14-21(17-18(22)2)33-16-8-6-7-9-19-10-12-20(13-11-19)31-25(26,27)28/h10-15,17H,5-6,8,16H2,1-4H3. The van der Waals surface area contributed by atoms with Crippen molar-refractivity contribution in [3.05, 3.63) is 53.6 Å². The third-order valence-corrected chi connectivity index (χ3v) is 5.39. The second-order valence-electron chi connectivity index (χ2n) is 7.59. The number of rotatable bonds is 9. The zero-order chi connectivity index (χ0) is 24.5. The summed E-state index contributed by atoms with van der Waals surface area (Å²) < 4.78 is 51.3. The van der Waals surface area contributed by atoms with Gasteiger partial charge in [0.2, 0.25) is 0 Å². The average Bonchev–Trinajstić information content (AvgIpc) is 2.72. The van der Waals surface area contributed by atoms with E-state index in [4.69, 9.17) is 9.47 Å². The summed E-state index contributed by atoms with van der Waals surface area (Å²) in [7, 11) is 0. The van der Waals surface area contributed by atoms with E-state index in [0.717, 1.165) is 22.6 Å². The van der Waals surface area contributed by atoms with Gasteiger partial charge in [0.25, 0.3) is 0 Å². The Balaban J connectivity index is 1.79. The largest absolute Gasteiger partial charge is 0.573 e. The van der Waals surface area contributed by atoms with Gasteiger partial charge in [-0.3, -0.25) is 0 Å². The molecular formula is C25H27F3O4S. The molecule has 0 N–H and O–H groups in total. The molecular weight excluding hydrogens is 453 g/mol. The van der Waals surface area contributed by atoms with E-state index in [1.54, 1.807) is 32.5 Å². The summed E-state index contributed by atoms with van der Waals surface area (Å²) in [5.74, 6) is 6.80. The van der Waals surface area contributed by atoms with Gasteiger partial charge in [-0.1, -0.05) is 11.8 Å². The molecule has 0 aliphatic carbocycles. The maximum absolute atomic E-state index is 12.2. The number of aryl methyl sites for hydroxylation is 1. The molecule has 0 aliphatic heterocycles. The Bertz CT molecular complexity index is 989. The number of hydrogen-bond acceptors (Lipinski definition) is 5. The van der Waals surface area contributed by atoms with Crippen LogP contribution < -0.4 is 9.47 Å². The minimum Gasteiger partial charge on any atom is -0.476 e. The Kier molecular flexibility index (Phi) is 9.54. The zero-order valence-corrected chi connectivity index (χ0v) is 19.9. The fourth-order valence-corrected chi connectivity index (χ4v) is 3.65. The van der Waals surface area contributed by atoms with E-state index in [0.29, 0.717) is 24.3 Å². The number of ether oxygens (including phenoxy) is 3. The number of carbonyl (C=O) groups is 1. The maximum Gasteiger partial charge on any atom is 0.573 e. The molecule has 0 radical (unpaired) electrons. The minimum absolute atomic E-state index is 0.263. The number of benzene rings is 2. The lowest BCUT2D eigenvalue weighted by molar-refractivity contribution is -0.274. The van der Waals surface area contributed by atoms with Gasteiger partial charge in [-0.15, -0.1) is 24.9 Å². The average molecular weight is 481 g/mol. The number of alkyl halides is 3. The summed E-state index contributed by atoms with van der Waals surface area (Å²) >= 11 is 1.69. The molecule has 0 heterocycles. The Morgan fingerprint density at radius 2 is 1.76 bits per heavy atom. The SMILES string of the molecule is CCOC(=O)C(C)(C)Oc1ccc(SCCCC#Cc2ccc(OC(F)(F)F)cc2)cc1C. The number of carbonyl (C=O) groups excluding carboxylic acids is 1. The van der Waals surface area contributed by atoms with Gasteiger partial charge < -0.3 is 14.2 Å². The first-order valence-corrected chi connectivity index (χ1v) is 11.4. The highest BCUT2D eigenvalue weighted by Crippen LogP contribution is 2.29. The molecule has 2 aromatic rings. The summed E-state index contributed by atoms with van der Waals surface area (Å²) in [6.07, 6.45) is -3.17. The third kappa shape index (κ3) is 9.30. The zero-order valence-electron chi connectivity index (χ0n) is 19.0. The van der Waals surface area contributed by atoms with Crippen molar-refractivity contribution < 1.29 is 32.2 Å². The minimum atomic E-state index is -4.70. The molecule has 0 spiro atoms. The Morgan fingerprint density at radius 1 is 1.06 bits per heavy atom. The summed E-state index contributed by atoms with van der Waals surface area (Å²) in [5, 5.41) is 0. The second kappa shape index (κ2) is 11.9. The summed E-state index contributed by atoms with van der Waals surface area (Å²) in [4.78, 5) is 13.1. The van der Waals surface area contributed by atoms with E-state index >= 15 is 0 Å². The van der Waals surface area contributed by atoms with Crippen LogP contribution in [0.4, 0.5) is 13.2 Å². The number of hydrogen-bond donors (Lipinski definition) is 0. The molecule has 0 aliphatic rings. The highest BCUT2D eigenvalue weighted by atomic mass is 32.2. The second-order valence-corrected chi connectivity index (χ2v) is 8.75. The Morgan fingerprint density at radius 3 is 2.36 bits per heavy atom. The van der Waals surface area contributed by atoms with Crippen LogP contribution in [0, 0.1) is 18.8 Å². The van der Waals surface area contributed by atoms with Crippen molar-refractivity contribution in [2.75, 3.05) is 12.4 Å². The van der Waals surface area contributed by atoms with Crippen molar-refractivity contribution in [2.24, 2.45) is 0 Å². The number of unbranched alkanes of at least 4 members (excludes halogenated alkanes) is 1. The third-order valence-electron chi connectivity index (χ3n) is 4.31. The number of halogens is 3. The predicted octanol–water partition coefficient (Wildman–Crippen LogP) is 6.54. The van der Waals surface area contributed by atoms with Crippen LogP contribution in [0.3, 0.4) is 0 Å². The van der Waals surface area contributed by atoms with Gasteiger partial charge in [0.1, 0.15) is 11.5 Å². The van der Waals surface area contributed by atoms with Gasteiger partial charge in [-0.2, -0.15) is 0 Å². The lowest BCUT2D eigenvalue weighted by Crippen LogP contribution is -2.39. The van der Waals surface area contributed by atoms with Crippen molar-refractivity contribution >= 4 is 17.7 Å². The molecule has 178 valence electrons. The number of esters is 1. The quantitative estimate of drug-likeness (QED) is 0.177. The first-order valence-electron chi connectivity index (χ1n) is 10.4. The molecule has 2 rings (SSSR count). The molecule has 0 fully saturated rings. The molecule has 8 heteroatoms. The fourth-order valence-electron chi connectivity index (χ4n) is 2.70. The van der Waals surface area contributed by atoms with E-state index in [1.165, 1.54) is 24.3 Å². The molecule has 0 saturated heterocycles. The lowest BCUT2D eigenvalue weighted by Gasteiger charge is -2.25. The molecule has 0 saturated carbocycles. The van der Waals surface area contributed by atoms with E-state index in [9.17, 15) is 18.0 Å². The van der Waals surface area contributed by atoms with Crippen LogP contribution in [-0.4, -0.2) is 30.3 Å². The summed E-state index contributed by atoms with van der Waals surface area (Å²) in [6, 6.07) is 11.3. The van der Waals surface area contributed by atoms with E-state index in [2.05, 4.69) is 16.6 Å². The van der Waals surface area contributed by atoms with Gasteiger partial charge in [0.05, 0.1) is 6.61 Å². The molecule has 0 atom stereocenters. The number of thioether (sulfide) groups is 1. The highest BCUT2D eigenvalue weighted by Gasteiger charge is 2.32. The normalized spacial score (nSPS) is 11.4. The van der Waals surface area contributed by atoms with Gasteiger partial charge in [-0.25, -0.2) is 4.79 Å². The van der Waals surface area contributed by atoms with E-state index in [1.807, 2.05) is 25.1 Å². The molecule has 33 heavy (non-hydrogen) atoms. The first kappa shape index (κ1) is 26.5. The summed E-state index contributed by atoms with van der Waals surface area (Å²) in [6.45, 7) is 7.34. The van der Waals surface area contributed by atoms with Gasteiger partial charge in [0.15, 0.2) is 5.60 Å². The van der Waals surface area contributed by atoms with Crippen LogP contribution in [0.25, 0.3) is 0 Å². The van der Waals surface area contributed by atoms with Crippen molar-refractivity contribution in [2.45, 2.75) is 57.4 Å². The topological polar surface area (TPSA) is 44.8 Å². The molecule has 4 nitrogen and oxygen atoms in total. The molecule has 2 aromatic carbocycles. The van der Waals surface area contributed by atoms with E-state index in [-0.39, 0.29) is 5.75 Å². The molecule has 0 aromatic heterocycles. The first-order chi connectivity index (χ1) is 15.5. The van der Waals surface area contributed by atoms with Gasteiger partial charge in [0, 0.05) is 16.9 Å². The predicted molar refractivity (Wildman–Crippen MR) is 122 cm³/mol. The Labute approximate surface area is 196 Å². The van der Waals surface area contributed by atoms with Gasteiger partial charge >= 0.3 is 12.3 Å². The van der Waals surface area contributed by atoms with Gasteiger partial charge in [-0.05, 0) is 87.9 Å². The smallest absolute Gasteiger partial charge is 0.476 e. The van der Waals surface area contributed by atoms with Crippen LogP contribution in [0.5, 0.6) is 11.5 Å². The highest BCUT2D eigenvalue weighted by molar-refractivity contribution is 7.99. The monoisotopic (exact) mass is 480 g/mol. The molecule has 0 amide bonds. The van der Waals surface area contributed by atoms with Crippen molar-refractivity contribution in [3.8, 4) is 23.3 Å². The van der Waals surface area contributed by atoms with Crippen LogP contribution >= 0.6 is 11.8 Å². The van der Waals surface area contributed by atoms with Crippen LogP contribution in [0.2, 0.25) is 0 Å². The summed E-state index contributed by atoms with van der Waals surface area (Å²) in [5.41, 5.74) is 0.490. The van der Waals surface area contributed by atoms with Crippen LogP contribution in [0.1, 0.15) is 44.7 Å². The van der Waals surface area contributed by atoms with Crippen molar-refractivity contribution in [3.63, 3.8) is 0 Å². The Hall–Kier alpha value is -2.79.